The number of anilines is 1. The Morgan fingerprint density at radius 3 is 2.67 bits per heavy atom. The fourth-order valence-corrected chi connectivity index (χ4v) is 2.49. The van der Waals surface area contributed by atoms with Crippen LogP contribution >= 0.6 is 11.6 Å². The van der Waals surface area contributed by atoms with E-state index in [2.05, 4.69) is 5.32 Å². The molecule has 0 heterocycles. The largest absolute Gasteiger partial charge is 0.483 e. The third kappa shape index (κ3) is 6.92. The van der Waals surface area contributed by atoms with Crippen LogP contribution in [0, 0.1) is 6.92 Å². The van der Waals surface area contributed by atoms with Gasteiger partial charge in [0.2, 0.25) is 0 Å². The first-order valence-electron chi connectivity index (χ1n) is 8.53. The van der Waals surface area contributed by atoms with E-state index in [0.717, 1.165) is 5.56 Å². The number of benzene rings is 2. The second kappa shape index (κ2) is 10.5. The van der Waals surface area contributed by atoms with Gasteiger partial charge in [0.15, 0.2) is 6.61 Å². The van der Waals surface area contributed by atoms with E-state index in [1.54, 1.807) is 42.5 Å². The fourth-order valence-electron chi connectivity index (χ4n) is 2.26. The molecule has 0 saturated carbocycles. The van der Waals surface area contributed by atoms with E-state index in [9.17, 15) is 9.59 Å². The van der Waals surface area contributed by atoms with Gasteiger partial charge in [-0.3, -0.25) is 4.79 Å². The number of ether oxygens (including phenoxy) is 3. The lowest BCUT2D eigenvalue weighted by atomic mass is 10.2. The standard InChI is InChI=1S/C20H22ClNO5/c1-3-25-9-10-26-20(24)15-5-4-6-17(12-15)22-19(23)13-27-18-8-7-16(21)11-14(18)2/h4-8,11-12H,3,9-10,13H2,1-2H3,(H,22,23). The minimum absolute atomic E-state index is 0.161. The SMILES string of the molecule is CCOCCOC(=O)c1cccc(NC(=O)COc2ccc(Cl)cc2C)c1. The summed E-state index contributed by atoms with van der Waals surface area (Å²) >= 11 is 5.90. The highest BCUT2D eigenvalue weighted by atomic mass is 35.5. The Balaban J connectivity index is 1.87. The van der Waals surface area contributed by atoms with E-state index in [-0.39, 0.29) is 19.1 Å². The zero-order valence-electron chi connectivity index (χ0n) is 15.3. The second-order valence-corrected chi connectivity index (χ2v) is 6.10. The van der Waals surface area contributed by atoms with Crippen LogP contribution in [0.25, 0.3) is 0 Å². The van der Waals surface area contributed by atoms with E-state index in [4.69, 9.17) is 25.8 Å². The summed E-state index contributed by atoms with van der Waals surface area (Å²) in [5.74, 6) is -0.230. The first-order valence-corrected chi connectivity index (χ1v) is 8.91. The summed E-state index contributed by atoms with van der Waals surface area (Å²) in [6, 6.07) is 11.7. The van der Waals surface area contributed by atoms with Crippen molar-refractivity contribution < 1.29 is 23.8 Å². The molecule has 0 aliphatic rings. The maximum absolute atomic E-state index is 12.1. The van der Waals surface area contributed by atoms with Crippen LogP contribution in [-0.2, 0) is 14.3 Å². The molecule has 2 rings (SSSR count). The molecule has 0 bridgehead atoms. The number of hydrogen-bond donors (Lipinski definition) is 1. The maximum Gasteiger partial charge on any atom is 0.338 e. The third-order valence-corrected chi connectivity index (χ3v) is 3.78. The molecule has 7 heteroatoms. The minimum Gasteiger partial charge on any atom is -0.483 e. The number of carbonyl (C=O) groups is 2. The molecule has 0 fully saturated rings. The molecule has 2 aromatic carbocycles. The first kappa shape index (κ1) is 20.7. The molecule has 2 aromatic rings. The Kier molecular flexibility index (Phi) is 8.10. The molecule has 0 atom stereocenters. The molecule has 0 unspecified atom stereocenters. The number of hydrogen-bond acceptors (Lipinski definition) is 5. The van der Waals surface area contributed by atoms with E-state index in [0.29, 0.717) is 35.2 Å². The van der Waals surface area contributed by atoms with Gasteiger partial charge in [0.05, 0.1) is 12.2 Å². The van der Waals surface area contributed by atoms with Crippen molar-refractivity contribution in [2.45, 2.75) is 13.8 Å². The summed E-state index contributed by atoms with van der Waals surface area (Å²) in [6.45, 7) is 4.64. The topological polar surface area (TPSA) is 73.9 Å². The molecule has 1 amide bonds. The zero-order valence-corrected chi connectivity index (χ0v) is 16.0. The highest BCUT2D eigenvalue weighted by Gasteiger charge is 2.10. The van der Waals surface area contributed by atoms with Crippen molar-refractivity contribution >= 4 is 29.2 Å². The number of esters is 1. The molecule has 0 aromatic heterocycles. The van der Waals surface area contributed by atoms with E-state index >= 15 is 0 Å². The molecule has 0 radical (unpaired) electrons. The molecule has 144 valence electrons. The number of amides is 1. The smallest absolute Gasteiger partial charge is 0.338 e. The van der Waals surface area contributed by atoms with Crippen LogP contribution in [0.2, 0.25) is 5.02 Å². The van der Waals surface area contributed by atoms with Crippen molar-refractivity contribution in [1.29, 1.82) is 0 Å². The summed E-state index contributed by atoms with van der Waals surface area (Å²) in [4.78, 5) is 24.1. The van der Waals surface area contributed by atoms with Crippen molar-refractivity contribution in [2.24, 2.45) is 0 Å². The van der Waals surface area contributed by atoms with Crippen LogP contribution in [0.3, 0.4) is 0 Å². The summed E-state index contributed by atoms with van der Waals surface area (Å²) in [6.07, 6.45) is 0. The number of aryl methyl sites for hydroxylation is 1. The zero-order chi connectivity index (χ0) is 19.6. The predicted molar refractivity (Wildman–Crippen MR) is 104 cm³/mol. The molecule has 0 spiro atoms. The lowest BCUT2D eigenvalue weighted by molar-refractivity contribution is -0.118. The quantitative estimate of drug-likeness (QED) is 0.519. The van der Waals surface area contributed by atoms with Crippen LogP contribution in [-0.4, -0.2) is 38.3 Å². The fraction of sp³-hybridized carbons (Fsp3) is 0.300. The highest BCUT2D eigenvalue weighted by molar-refractivity contribution is 6.30. The third-order valence-electron chi connectivity index (χ3n) is 3.54. The van der Waals surface area contributed by atoms with Crippen LogP contribution in [0.15, 0.2) is 42.5 Å². The Morgan fingerprint density at radius 2 is 1.93 bits per heavy atom. The van der Waals surface area contributed by atoms with Gasteiger partial charge in [-0.1, -0.05) is 17.7 Å². The van der Waals surface area contributed by atoms with Gasteiger partial charge in [0.1, 0.15) is 12.4 Å². The van der Waals surface area contributed by atoms with Crippen molar-refractivity contribution in [3.05, 3.63) is 58.6 Å². The van der Waals surface area contributed by atoms with E-state index in [1.807, 2.05) is 13.8 Å². The van der Waals surface area contributed by atoms with E-state index < -0.39 is 5.97 Å². The first-order chi connectivity index (χ1) is 13.0. The van der Waals surface area contributed by atoms with Crippen LogP contribution in [0.4, 0.5) is 5.69 Å². The summed E-state index contributed by atoms with van der Waals surface area (Å²) in [5, 5.41) is 3.30. The van der Waals surface area contributed by atoms with Crippen LogP contribution in [0.5, 0.6) is 5.75 Å². The second-order valence-electron chi connectivity index (χ2n) is 5.66. The summed E-state index contributed by atoms with van der Waals surface area (Å²) < 4.78 is 15.7. The Labute approximate surface area is 163 Å². The Morgan fingerprint density at radius 1 is 1.11 bits per heavy atom. The highest BCUT2D eigenvalue weighted by Crippen LogP contribution is 2.21. The van der Waals surface area contributed by atoms with Gasteiger partial charge in [-0.25, -0.2) is 4.79 Å². The molecule has 27 heavy (non-hydrogen) atoms. The van der Waals surface area contributed by atoms with Crippen molar-refractivity contribution in [2.75, 3.05) is 31.7 Å². The van der Waals surface area contributed by atoms with Crippen LogP contribution in [0.1, 0.15) is 22.8 Å². The molecular weight excluding hydrogens is 370 g/mol. The Bertz CT molecular complexity index is 794. The van der Waals surface area contributed by atoms with Gasteiger partial charge in [-0.2, -0.15) is 0 Å². The van der Waals surface area contributed by atoms with Gasteiger partial charge in [-0.05, 0) is 55.8 Å². The minimum atomic E-state index is -0.473. The van der Waals surface area contributed by atoms with Gasteiger partial charge in [0.25, 0.3) is 5.91 Å². The Hall–Kier alpha value is -2.57. The van der Waals surface area contributed by atoms with Crippen molar-refractivity contribution in [3.8, 4) is 5.75 Å². The number of carbonyl (C=O) groups excluding carboxylic acids is 2. The normalized spacial score (nSPS) is 10.3. The number of halogens is 1. The van der Waals surface area contributed by atoms with Gasteiger partial charge in [-0.15, -0.1) is 0 Å². The predicted octanol–water partition coefficient (Wildman–Crippen LogP) is 3.86. The van der Waals surface area contributed by atoms with Crippen LogP contribution < -0.4 is 10.1 Å². The molecule has 0 aliphatic carbocycles. The lowest BCUT2D eigenvalue weighted by Crippen LogP contribution is -2.20. The maximum atomic E-state index is 12.1. The van der Waals surface area contributed by atoms with Gasteiger partial charge >= 0.3 is 5.97 Å². The molecule has 1 N–H and O–H groups in total. The van der Waals surface area contributed by atoms with Gasteiger partial charge in [0, 0.05) is 17.3 Å². The van der Waals surface area contributed by atoms with Crippen molar-refractivity contribution in [3.63, 3.8) is 0 Å². The number of nitrogens with one attached hydrogen (secondary N) is 1. The average molecular weight is 392 g/mol. The average Bonchev–Trinajstić information content (AvgIpc) is 2.64. The molecule has 0 saturated heterocycles. The monoisotopic (exact) mass is 391 g/mol. The van der Waals surface area contributed by atoms with Crippen molar-refractivity contribution in [1.82, 2.24) is 0 Å². The molecule has 0 aliphatic heterocycles. The lowest BCUT2D eigenvalue weighted by Gasteiger charge is -2.10. The summed E-state index contributed by atoms with van der Waals surface area (Å²) in [7, 11) is 0. The van der Waals surface area contributed by atoms with E-state index in [1.165, 1.54) is 0 Å². The number of rotatable bonds is 9. The molecular formula is C20H22ClNO5. The molecule has 6 nitrogen and oxygen atoms in total. The van der Waals surface area contributed by atoms with Gasteiger partial charge < -0.3 is 19.5 Å². The summed E-state index contributed by atoms with van der Waals surface area (Å²) in [5.41, 5.74) is 1.67.